The zero-order valence-electron chi connectivity index (χ0n) is 14.1. The first kappa shape index (κ1) is 15.7. The van der Waals surface area contributed by atoms with Crippen LogP contribution in [0.1, 0.15) is 24.1 Å². The molecule has 5 nitrogen and oxygen atoms in total. The van der Waals surface area contributed by atoms with Gasteiger partial charge in [-0.25, -0.2) is 0 Å². The zero-order chi connectivity index (χ0) is 17.1. The number of fused-ring (bicyclic) bond motifs is 1. The number of para-hydroxylation sites is 2. The van der Waals surface area contributed by atoms with E-state index in [0.717, 1.165) is 24.0 Å². The molecule has 0 unspecified atom stereocenters. The van der Waals surface area contributed by atoms with Gasteiger partial charge < -0.3 is 14.7 Å². The third kappa shape index (κ3) is 3.36. The highest BCUT2D eigenvalue weighted by Gasteiger charge is 2.16. The van der Waals surface area contributed by atoms with Crippen molar-refractivity contribution in [3.05, 3.63) is 59.8 Å². The molecule has 1 aromatic heterocycles. The molecule has 0 bridgehead atoms. The quantitative estimate of drug-likeness (QED) is 0.777. The van der Waals surface area contributed by atoms with Crippen LogP contribution in [0, 0.1) is 0 Å². The minimum Gasteiger partial charge on any atom is -0.371 e. The molecule has 0 saturated carbocycles. The van der Waals surface area contributed by atoms with Gasteiger partial charge in [-0.15, -0.1) is 0 Å². The predicted molar refractivity (Wildman–Crippen MR) is 97.4 cm³/mol. The van der Waals surface area contributed by atoms with Crippen molar-refractivity contribution >= 4 is 22.6 Å². The molecule has 1 aliphatic rings. The molecule has 0 radical (unpaired) electrons. The molecule has 0 aliphatic carbocycles. The molecular formula is C20H21N3O2. The van der Waals surface area contributed by atoms with Crippen LogP contribution in [0.2, 0.25) is 0 Å². The number of carbonyl (C=O) groups is 1. The third-order valence-electron chi connectivity index (χ3n) is 4.69. The van der Waals surface area contributed by atoms with E-state index in [4.69, 9.17) is 4.52 Å². The molecule has 2 aromatic carbocycles. The Morgan fingerprint density at radius 1 is 1.08 bits per heavy atom. The van der Waals surface area contributed by atoms with Crippen LogP contribution in [-0.4, -0.2) is 24.2 Å². The number of anilines is 1. The molecule has 0 atom stereocenters. The first-order valence-corrected chi connectivity index (χ1v) is 8.74. The molecule has 4 rings (SSSR count). The van der Waals surface area contributed by atoms with Crippen LogP contribution in [0.5, 0.6) is 0 Å². The number of carbonyl (C=O) groups excluding carboxylic acids is 1. The second-order valence-electron chi connectivity index (χ2n) is 6.40. The molecule has 25 heavy (non-hydrogen) atoms. The Labute approximate surface area is 146 Å². The van der Waals surface area contributed by atoms with Gasteiger partial charge in [0, 0.05) is 30.7 Å². The SMILES string of the molecule is O=C(Cc1noc2ccccc12)NCc1ccccc1N1CCCC1. The second-order valence-corrected chi connectivity index (χ2v) is 6.40. The Bertz CT molecular complexity index is 881. The number of nitrogens with one attached hydrogen (secondary N) is 1. The van der Waals surface area contributed by atoms with Crippen molar-refractivity contribution in [1.82, 2.24) is 10.5 Å². The predicted octanol–water partition coefficient (Wildman–Crippen LogP) is 3.29. The summed E-state index contributed by atoms with van der Waals surface area (Å²) >= 11 is 0. The zero-order valence-corrected chi connectivity index (χ0v) is 14.1. The summed E-state index contributed by atoms with van der Waals surface area (Å²) in [6, 6.07) is 15.9. The van der Waals surface area contributed by atoms with Gasteiger partial charge in [0.1, 0.15) is 5.69 Å². The minimum atomic E-state index is -0.0460. The van der Waals surface area contributed by atoms with Gasteiger partial charge in [0.05, 0.1) is 6.42 Å². The Hall–Kier alpha value is -2.82. The van der Waals surface area contributed by atoms with Crippen molar-refractivity contribution in [3.8, 4) is 0 Å². The van der Waals surface area contributed by atoms with Crippen LogP contribution >= 0.6 is 0 Å². The molecule has 0 spiro atoms. The van der Waals surface area contributed by atoms with E-state index in [-0.39, 0.29) is 12.3 Å². The molecule has 1 aliphatic heterocycles. The molecule has 1 amide bonds. The standard InChI is InChI=1S/C20H21N3O2/c24-20(13-17-16-8-2-4-10-19(16)25-22-17)21-14-15-7-1-3-9-18(15)23-11-5-6-12-23/h1-4,7-10H,5-6,11-14H2,(H,21,24). The lowest BCUT2D eigenvalue weighted by molar-refractivity contribution is -0.120. The monoisotopic (exact) mass is 335 g/mol. The van der Waals surface area contributed by atoms with Crippen LogP contribution in [0.3, 0.4) is 0 Å². The van der Waals surface area contributed by atoms with Gasteiger partial charge in [0.15, 0.2) is 5.58 Å². The van der Waals surface area contributed by atoms with Crippen molar-refractivity contribution in [2.45, 2.75) is 25.8 Å². The van der Waals surface area contributed by atoms with Crippen molar-refractivity contribution in [1.29, 1.82) is 0 Å². The van der Waals surface area contributed by atoms with Gasteiger partial charge in [0.2, 0.25) is 5.91 Å². The van der Waals surface area contributed by atoms with Crippen LogP contribution in [0.25, 0.3) is 11.0 Å². The molecule has 1 N–H and O–H groups in total. The molecule has 128 valence electrons. The number of rotatable bonds is 5. The van der Waals surface area contributed by atoms with E-state index in [0.29, 0.717) is 17.8 Å². The fourth-order valence-corrected chi connectivity index (χ4v) is 3.40. The third-order valence-corrected chi connectivity index (χ3v) is 4.69. The summed E-state index contributed by atoms with van der Waals surface area (Å²) in [6.07, 6.45) is 2.70. The number of aromatic nitrogens is 1. The molecular weight excluding hydrogens is 314 g/mol. The van der Waals surface area contributed by atoms with E-state index < -0.39 is 0 Å². The number of hydrogen-bond acceptors (Lipinski definition) is 4. The first-order chi connectivity index (χ1) is 12.3. The van der Waals surface area contributed by atoms with Gasteiger partial charge in [-0.3, -0.25) is 4.79 Å². The van der Waals surface area contributed by atoms with Crippen molar-refractivity contribution in [3.63, 3.8) is 0 Å². The summed E-state index contributed by atoms with van der Waals surface area (Å²) in [5.74, 6) is -0.0460. The first-order valence-electron chi connectivity index (χ1n) is 8.74. The second kappa shape index (κ2) is 6.97. The number of amides is 1. The average Bonchev–Trinajstić information content (AvgIpc) is 3.31. The highest BCUT2D eigenvalue weighted by molar-refractivity contribution is 5.86. The minimum absolute atomic E-state index is 0.0460. The Kier molecular flexibility index (Phi) is 4.37. The molecule has 2 heterocycles. The molecule has 3 aromatic rings. The van der Waals surface area contributed by atoms with E-state index in [1.807, 2.05) is 30.3 Å². The summed E-state index contributed by atoms with van der Waals surface area (Å²) < 4.78 is 5.26. The van der Waals surface area contributed by atoms with Gasteiger partial charge >= 0.3 is 0 Å². The van der Waals surface area contributed by atoms with E-state index in [1.165, 1.54) is 18.5 Å². The highest BCUT2D eigenvalue weighted by atomic mass is 16.5. The van der Waals surface area contributed by atoms with Crippen LogP contribution in [0.4, 0.5) is 5.69 Å². The molecule has 1 saturated heterocycles. The summed E-state index contributed by atoms with van der Waals surface area (Å²) in [5, 5.41) is 7.94. The lowest BCUT2D eigenvalue weighted by atomic mass is 10.1. The van der Waals surface area contributed by atoms with Gasteiger partial charge in [-0.2, -0.15) is 0 Å². The smallest absolute Gasteiger partial charge is 0.226 e. The molecule has 1 fully saturated rings. The summed E-state index contributed by atoms with van der Waals surface area (Å²) in [4.78, 5) is 14.7. The average molecular weight is 335 g/mol. The van der Waals surface area contributed by atoms with E-state index in [9.17, 15) is 4.79 Å². The molecule has 5 heteroatoms. The van der Waals surface area contributed by atoms with Crippen molar-refractivity contribution < 1.29 is 9.32 Å². The maximum Gasteiger partial charge on any atom is 0.226 e. The largest absolute Gasteiger partial charge is 0.371 e. The lowest BCUT2D eigenvalue weighted by Gasteiger charge is -2.21. The van der Waals surface area contributed by atoms with Crippen molar-refractivity contribution in [2.24, 2.45) is 0 Å². The Balaban J connectivity index is 1.42. The number of nitrogens with zero attached hydrogens (tertiary/aromatic N) is 2. The highest BCUT2D eigenvalue weighted by Crippen LogP contribution is 2.24. The van der Waals surface area contributed by atoms with E-state index in [2.05, 4.69) is 33.6 Å². The topological polar surface area (TPSA) is 58.4 Å². The van der Waals surface area contributed by atoms with Gasteiger partial charge in [-0.05, 0) is 36.6 Å². The summed E-state index contributed by atoms with van der Waals surface area (Å²) in [5.41, 5.74) is 3.78. The lowest BCUT2D eigenvalue weighted by Crippen LogP contribution is -2.26. The van der Waals surface area contributed by atoms with Gasteiger partial charge in [0.25, 0.3) is 0 Å². The van der Waals surface area contributed by atoms with E-state index in [1.54, 1.807) is 0 Å². The van der Waals surface area contributed by atoms with Crippen molar-refractivity contribution in [2.75, 3.05) is 18.0 Å². The van der Waals surface area contributed by atoms with Crippen LogP contribution in [0.15, 0.2) is 53.1 Å². The summed E-state index contributed by atoms with van der Waals surface area (Å²) in [6.45, 7) is 2.72. The van der Waals surface area contributed by atoms with Crippen LogP contribution in [-0.2, 0) is 17.8 Å². The fourth-order valence-electron chi connectivity index (χ4n) is 3.40. The van der Waals surface area contributed by atoms with Gasteiger partial charge in [-0.1, -0.05) is 35.5 Å². The normalized spacial score (nSPS) is 14.2. The Morgan fingerprint density at radius 2 is 1.84 bits per heavy atom. The van der Waals surface area contributed by atoms with Crippen LogP contribution < -0.4 is 10.2 Å². The fraction of sp³-hybridized carbons (Fsp3) is 0.300. The maximum atomic E-state index is 12.4. The number of hydrogen-bond donors (Lipinski definition) is 1. The van der Waals surface area contributed by atoms with E-state index >= 15 is 0 Å². The summed E-state index contributed by atoms with van der Waals surface area (Å²) in [7, 11) is 0. The maximum absolute atomic E-state index is 12.4. The number of benzene rings is 2. The Morgan fingerprint density at radius 3 is 2.72 bits per heavy atom.